The van der Waals surface area contributed by atoms with Crippen molar-refractivity contribution in [1.29, 1.82) is 0 Å². The molecule has 0 spiro atoms. The van der Waals surface area contributed by atoms with Gasteiger partial charge in [0.15, 0.2) is 0 Å². The van der Waals surface area contributed by atoms with E-state index in [1.54, 1.807) is 0 Å². The zero-order chi connectivity index (χ0) is 34.2. The van der Waals surface area contributed by atoms with E-state index in [4.69, 9.17) is 34.1 Å². The second kappa shape index (κ2) is 13.4. The van der Waals surface area contributed by atoms with Gasteiger partial charge in [0.1, 0.15) is 0 Å². The molecule has 4 rings (SSSR count). The van der Waals surface area contributed by atoms with Crippen molar-refractivity contribution in [2.75, 3.05) is 13.2 Å². The van der Waals surface area contributed by atoms with Gasteiger partial charge in [-0.2, -0.15) is 0 Å². The van der Waals surface area contributed by atoms with E-state index in [0.29, 0.717) is 19.6 Å². The van der Waals surface area contributed by atoms with Gasteiger partial charge in [0.05, 0.1) is 30.1 Å². The van der Waals surface area contributed by atoms with Gasteiger partial charge >= 0.3 is 27.0 Å². The summed E-state index contributed by atoms with van der Waals surface area (Å²) in [4.78, 5) is 19.4. The third kappa shape index (κ3) is 9.65. The second-order valence-corrected chi connectivity index (χ2v) is 16.7. The van der Waals surface area contributed by atoms with E-state index in [1.165, 1.54) is 0 Å². The minimum absolute atomic E-state index is 0.0309. The van der Waals surface area contributed by atoms with Gasteiger partial charge in [0, 0.05) is 75.1 Å². The number of hydrogen-bond donors (Lipinski definition) is 0. The summed E-state index contributed by atoms with van der Waals surface area (Å²) in [6, 6.07) is 0. The maximum atomic E-state index is 12.4. The summed E-state index contributed by atoms with van der Waals surface area (Å²) < 4.78 is 12.4. The Bertz CT molecular complexity index is 1400. The van der Waals surface area contributed by atoms with Gasteiger partial charge < -0.3 is 14.6 Å². The first-order valence-electron chi connectivity index (χ1n) is 15.9. The molecule has 244 valence electrons. The van der Waals surface area contributed by atoms with E-state index in [9.17, 15) is 5.11 Å². The molecule has 0 radical (unpaired) electrons. The summed E-state index contributed by atoms with van der Waals surface area (Å²) in [7, 11) is 4.76. The number of hydrogen-bond acceptors (Lipinski definition) is 7. The average molecular weight is 691 g/mol. The molecule has 0 bridgehead atoms. The first-order chi connectivity index (χ1) is 20.5. The number of rotatable bonds is 7. The fourth-order valence-corrected chi connectivity index (χ4v) is 5.73. The predicted octanol–water partition coefficient (Wildman–Crippen LogP) is 8.23. The molecule has 45 heavy (non-hydrogen) atoms. The molecule has 2 unspecified atom stereocenters. The molecule has 2 atom stereocenters. The Morgan fingerprint density at radius 3 is 1.78 bits per heavy atom. The standard InChI is InChI=1S/C36H54N4O3.ClH.Zn/c1-23-33(8,9)17-24(37-23)14-25-19-35(12,21-42-31(2,3)4)29(39-25)16-27-34(10,11)18-26(38-27)15-28-36(13,20-30(41)40-28)22-43-32(5,6)7;;/h14-16H,1,17-22H2,2-13H3,(H,40,41);1H;/q;;+2/p-2/b25-14+,27-16-,28-15-;;. The van der Waals surface area contributed by atoms with Crippen LogP contribution in [0.25, 0.3) is 0 Å². The molecular weight excluding hydrogens is 637 g/mol. The second-order valence-electron chi connectivity index (χ2n) is 16.7. The molecule has 7 nitrogen and oxygen atoms in total. The molecular formula is C36H53ClN4O3Zn. The SMILES string of the molecule is C=C1N=C(/C=C2\CC(C)(COC(C)(C)C)C(/C=C3N=C(/C=C4\N=C([O-])CC4(C)COC(C)(C)C)CC\3(C)C)=N2)CC1(C)C.[Cl][Zn+]. The van der Waals surface area contributed by atoms with Crippen LogP contribution >= 0.6 is 9.69 Å². The van der Waals surface area contributed by atoms with E-state index in [2.05, 4.69) is 86.0 Å². The van der Waals surface area contributed by atoms with Crippen molar-refractivity contribution in [3.8, 4) is 0 Å². The molecule has 0 aromatic rings. The summed E-state index contributed by atoms with van der Waals surface area (Å²) in [6.07, 6.45) is 9.04. The number of allylic oxidation sites excluding steroid dienone is 6. The fraction of sp³-hybridized carbons (Fsp3) is 0.667. The number of aliphatic imine (C=N–C) groups is 4. The van der Waals surface area contributed by atoms with Crippen molar-refractivity contribution in [2.24, 2.45) is 41.6 Å². The van der Waals surface area contributed by atoms with Crippen LogP contribution in [0.2, 0.25) is 0 Å². The van der Waals surface area contributed by atoms with E-state index >= 15 is 0 Å². The normalized spacial score (nSPS) is 30.5. The molecule has 4 aliphatic heterocycles. The van der Waals surface area contributed by atoms with Gasteiger partial charge in [0.2, 0.25) is 0 Å². The van der Waals surface area contributed by atoms with Crippen molar-refractivity contribution < 1.29 is 31.9 Å². The number of halogens is 1. The minimum atomic E-state index is -0.468. The Kier molecular flexibility index (Phi) is 11.2. The zero-order valence-corrected chi connectivity index (χ0v) is 33.5. The van der Waals surface area contributed by atoms with Gasteiger partial charge in [0.25, 0.3) is 0 Å². The van der Waals surface area contributed by atoms with Crippen LogP contribution in [0.1, 0.15) is 109 Å². The summed E-state index contributed by atoms with van der Waals surface area (Å²) >= 11 is 0.847. The molecule has 0 N–H and O–H groups in total. The molecule has 4 heterocycles. The van der Waals surface area contributed by atoms with Crippen molar-refractivity contribution >= 4 is 32.7 Å². The van der Waals surface area contributed by atoms with Crippen LogP contribution in [-0.2, 0) is 26.8 Å². The number of nitrogens with zero attached hydrogens (tertiary/aromatic N) is 4. The van der Waals surface area contributed by atoms with Gasteiger partial charge in [-0.15, -0.1) is 0 Å². The van der Waals surface area contributed by atoms with Crippen LogP contribution in [0.15, 0.2) is 67.6 Å². The Labute approximate surface area is 285 Å². The van der Waals surface area contributed by atoms with Crippen molar-refractivity contribution in [1.82, 2.24) is 0 Å². The van der Waals surface area contributed by atoms with Gasteiger partial charge in [-0.25, -0.2) is 0 Å². The van der Waals surface area contributed by atoms with Crippen LogP contribution in [0.4, 0.5) is 0 Å². The van der Waals surface area contributed by atoms with Crippen molar-refractivity contribution in [2.45, 2.75) is 120 Å². The molecule has 0 aromatic carbocycles. The Morgan fingerprint density at radius 1 is 0.711 bits per heavy atom. The molecule has 0 saturated carbocycles. The first-order valence-corrected chi connectivity index (χ1v) is 19.8. The zero-order valence-electron chi connectivity index (χ0n) is 29.8. The summed E-state index contributed by atoms with van der Waals surface area (Å²) in [5.74, 6) is -0.104. The van der Waals surface area contributed by atoms with Crippen molar-refractivity contribution in [3.63, 3.8) is 0 Å². The Balaban J connectivity index is 0.00000271. The maximum absolute atomic E-state index is 12.4. The predicted molar refractivity (Wildman–Crippen MR) is 183 cm³/mol. The van der Waals surface area contributed by atoms with Gasteiger partial charge in [-0.05, 0) is 72.1 Å². The van der Waals surface area contributed by atoms with E-state index in [-0.39, 0.29) is 33.3 Å². The van der Waals surface area contributed by atoms with E-state index < -0.39 is 5.41 Å². The van der Waals surface area contributed by atoms with E-state index in [1.807, 2.05) is 26.8 Å². The average Bonchev–Trinajstić information content (AvgIpc) is 3.53. The number of ether oxygens (including phenoxy) is 2. The molecule has 0 fully saturated rings. The van der Waals surface area contributed by atoms with Crippen LogP contribution < -0.4 is 5.11 Å². The quantitative estimate of drug-likeness (QED) is 0.252. The molecule has 0 aliphatic carbocycles. The molecule has 0 amide bonds. The molecule has 4 aliphatic rings. The van der Waals surface area contributed by atoms with Crippen molar-refractivity contribution in [3.05, 3.63) is 47.6 Å². The van der Waals surface area contributed by atoms with Gasteiger partial charge in [-0.3, -0.25) is 20.0 Å². The van der Waals surface area contributed by atoms with Crippen LogP contribution in [0.3, 0.4) is 0 Å². The fourth-order valence-electron chi connectivity index (χ4n) is 5.73. The Morgan fingerprint density at radius 2 is 1.24 bits per heavy atom. The van der Waals surface area contributed by atoms with Gasteiger partial charge in [-0.1, -0.05) is 48.1 Å². The summed E-state index contributed by atoms with van der Waals surface area (Å²) in [5, 5.41) is 12.4. The third-order valence-corrected chi connectivity index (χ3v) is 8.68. The molecule has 0 saturated heterocycles. The first kappa shape index (κ1) is 37.7. The summed E-state index contributed by atoms with van der Waals surface area (Å²) in [5.41, 5.74) is 5.03. The Hall–Kier alpha value is -1.73. The van der Waals surface area contributed by atoms with Crippen LogP contribution in [-0.4, -0.2) is 47.4 Å². The van der Waals surface area contributed by atoms with Crippen LogP contribution in [0, 0.1) is 21.7 Å². The summed E-state index contributed by atoms with van der Waals surface area (Å²) in [6.45, 7) is 30.6. The monoisotopic (exact) mass is 688 g/mol. The van der Waals surface area contributed by atoms with E-state index in [0.717, 1.165) is 76.5 Å². The third-order valence-electron chi connectivity index (χ3n) is 8.68. The topological polar surface area (TPSA) is 91.0 Å². The van der Waals surface area contributed by atoms with Crippen LogP contribution in [0.5, 0.6) is 0 Å². The molecule has 0 aromatic heterocycles. The molecule has 9 heteroatoms.